The highest BCUT2D eigenvalue weighted by Gasteiger charge is 2.50. The number of ether oxygens (including phenoxy) is 4. The Kier molecular flexibility index (Phi) is 18.5. The molecule has 2 aromatic rings. The average Bonchev–Trinajstić information content (AvgIpc) is 3.22. The Bertz CT molecular complexity index is 1800. The Morgan fingerprint density at radius 2 is 1.71 bits per heavy atom. The van der Waals surface area contributed by atoms with Crippen molar-refractivity contribution in [2.75, 3.05) is 53.2 Å². The maximum absolute atomic E-state index is 13.6. The van der Waals surface area contributed by atoms with Crippen LogP contribution in [0.25, 0.3) is 0 Å². The smallest absolute Gasteiger partial charge is 0.340 e. The van der Waals surface area contributed by atoms with Gasteiger partial charge in [-0.1, -0.05) is 55.2 Å². The number of hydrogen-bond donors (Lipinski definition) is 5. The number of nitrogens with one attached hydrogen (secondary N) is 1. The fourth-order valence-corrected chi connectivity index (χ4v) is 9.40. The van der Waals surface area contributed by atoms with Gasteiger partial charge in [0.15, 0.2) is 6.29 Å². The summed E-state index contributed by atoms with van der Waals surface area (Å²) < 4.78 is 25.1. The molecule has 2 fully saturated rings. The van der Waals surface area contributed by atoms with E-state index in [0.29, 0.717) is 52.9 Å². The predicted molar refractivity (Wildman–Crippen MR) is 242 cm³/mol. The number of hydrogen-bond acceptors (Lipinski definition) is 14. The summed E-state index contributed by atoms with van der Waals surface area (Å²) >= 11 is 13.0. The molecule has 0 aliphatic carbocycles. The average molecular weight is 912 g/mol. The number of benzene rings is 2. The van der Waals surface area contributed by atoms with Crippen LogP contribution in [0.15, 0.2) is 36.4 Å². The Morgan fingerprint density at radius 3 is 2.35 bits per heavy atom. The molecule has 5 N–H and O–H groups in total. The van der Waals surface area contributed by atoms with E-state index >= 15 is 0 Å². The third kappa shape index (κ3) is 12.2. The molecule has 0 amide bonds. The molecule has 0 unspecified atom stereocenters. The van der Waals surface area contributed by atoms with Crippen LogP contribution >= 0.6 is 23.2 Å². The van der Waals surface area contributed by atoms with Gasteiger partial charge in [-0.15, -0.1) is 0 Å². The summed E-state index contributed by atoms with van der Waals surface area (Å²) in [7, 11) is 7.63. The number of aliphatic hydroxyl groups is 4. The summed E-state index contributed by atoms with van der Waals surface area (Å²) in [4.78, 5) is 33.2. The zero-order valence-corrected chi connectivity index (χ0v) is 40.1. The van der Waals surface area contributed by atoms with Crippen LogP contribution in [0.1, 0.15) is 90.1 Å². The number of anilines is 2. The van der Waals surface area contributed by atoms with E-state index in [4.69, 9.17) is 42.1 Å². The Hall–Kier alpha value is -2.60. The van der Waals surface area contributed by atoms with Crippen LogP contribution in [0.2, 0.25) is 10.0 Å². The molecule has 2 aliphatic heterocycles. The fourth-order valence-electron chi connectivity index (χ4n) is 8.94. The fraction of sp³-hybridized carbons (Fsp3) is 0.696. The molecule has 16 heteroatoms. The first-order chi connectivity index (χ1) is 28.9. The van der Waals surface area contributed by atoms with Crippen LogP contribution in [0.3, 0.4) is 0 Å². The lowest BCUT2D eigenvalue weighted by atomic mass is 9.79. The summed E-state index contributed by atoms with van der Waals surface area (Å²) in [5.74, 6) is -3.13. The lowest BCUT2D eigenvalue weighted by Gasteiger charge is -2.50. The van der Waals surface area contributed by atoms with Gasteiger partial charge >= 0.3 is 11.9 Å². The van der Waals surface area contributed by atoms with Crippen molar-refractivity contribution >= 4 is 46.5 Å². The second-order valence-corrected chi connectivity index (χ2v) is 19.1. The molecule has 0 bridgehead atoms. The predicted octanol–water partition coefficient (Wildman–Crippen LogP) is 5.88. The first-order valence-corrected chi connectivity index (χ1v) is 22.6. The third-order valence-corrected chi connectivity index (χ3v) is 14.0. The van der Waals surface area contributed by atoms with Crippen LogP contribution in [-0.2, 0) is 23.7 Å². The number of likely N-dealkylation sites (N-methyl/N-ethyl adjacent to an activating group) is 3. The highest BCUT2D eigenvalue weighted by atomic mass is 35.5. The van der Waals surface area contributed by atoms with Crippen molar-refractivity contribution < 1.29 is 49.0 Å². The zero-order valence-electron chi connectivity index (χ0n) is 38.6. The number of aryl methyl sites for hydroxylation is 1. The van der Waals surface area contributed by atoms with Gasteiger partial charge in [-0.05, 0) is 126 Å². The van der Waals surface area contributed by atoms with E-state index in [1.54, 1.807) is 65.0 Å². The monoisotopic (exact) mass is 910 g/mol. The molecule has 14 nitrogen and oxygen atoms in total. The maximum Gasteiger partial charge on any atom is 0.340 e. The number of carbonyl (C=O) groups is 2. The Labute approximate surface area is 378 Å². The number of esters is 2. The normalized spacial score (nSPS) is 34.6. The quantitative estimate of drug-likeness (QED) is 0.169. The highest BCUT2D eigenvalue weighted by molar-refractivity contribution is 6.39. The van der Waals surface area contributed by atoms with Gasteiger partial charge < -0.3 is 54.5 Å². The molecule has 2 saturated heterocycles. The lowest BCUT2D eigenvalue weighted by molar-refractivity contribution is -0.286. The summed E-state index contributed by atoms with van der Waals surface area (Å²) in [6.07, 6.45) is -4.20. The number of rotatable bonds is 11. The van der Waals surface area contributed by atoms with Crippen molar-refractivity contribution in [2.24, 2.45) is 11.8 Å². The molecular formula is C46H72Cl2N4O10. The van der Waals surface area contributed by atoms with Gasteiger partial charge in [0.1, 0.15) is 24.4 Å². The highest BCUT2D eigenvalue weighted by Crippen LogP contribution is 2.38. The van der Waals surface area contributed by atoms with Crippen molar-refractivity contribution in [1.29, 1.82) is 0 Å². The molecule has 2 heterocycles. The molecule has 4 rings (SSSR count). The minimum absolute atomic E-state index is 0.0833. The van der Waals surface area contributed by atoms with E-state index in [1.807, 2.05) is 57.9 Å². The molecule has 62 heavy (non-hydrogen) atoms. The largest absolute Gasteiger partial charge is 0.461 e. The van der Waals surface area contributed by atoms with Gasteiger partial charge in [0, 0.05) is 24.5 Å². The molecule has 13 atom stereocenters. The van der Waals surface area contributed by atoms with Gasteiger partial charge in [-0.3, -0.25) is 9.69 Å². The molecule has 0 aromatic heterocycles. The van der Waals surface area contributed by atoms with E-state index in [1.165, 1.54) is 6.92 Å². The van der Waals surface area contributed by atoms with Crippen molar-refractivity contribution in [3.63, 3.8) is 0 Å². The molecule has 0 saturated carbocycles. The molecule has 350 valence electrons. The summed E-state index contributed by atoms with van der Waals surface area (Å²) in [5, 5.41) is 51.0. The first-order valence-electron chi connectivity index (χ1n) is 21.8. The maximum atomic E-state index is 13.6. The van der Waals surface area contributed by atoms with Gasteiger partial charge in [0.2, 0.25) is 0 Å². The number of cyclic esters (lactones) is 1. The Balaban J connectivity index is 1.55. The van der Waals surface area contributed by atoms with E-state index in [-0.39, 0.29) is 37.6 Å². The summed E-state index contributed by atoms with van der Waals surface area (Å²) in [6.45, 7) is 14.7. The van der Waals surface area contributed by atoms with Crippen LogP contribution < -0.4 is 5.32 Å². The van der Waals surface area contributed by atoms with Crippen molar-refractivity contribution in [2.45, 2.75) is 147 Å². The van der Waals surface area contributed by atoms with Crippen LogP contribution in [0.5, 0.6) is 0 Å². The van der Waals surface area contributed by atoms with E-state index < -0.39 is 71.7 Å². The number of para-hydroxylation sites is 1. The van der Waals surface area contributed by atoms with Gasteiger partial charge in [-0.2, -0.15) is 0 Å². The van der Waals surface area contributed by atoms with Crippen molar-refractivity contribution in [3.05, 3.63) is 57.6 Å². The number of halogens is 2. The number of aliphatic hydroxyl groups excluding tert-OH is 2. The number of nitrogens with zero attached hydrogens (tertiary/aromatic N) is 3. The zero-order chi connectivity index (χ0) is 46.4. The van der Waals surface area contributed by atoms with Crippen molar-refractivity contribution in [3.8, 4) is 0 Å². The standard InChI is InChI=1S/C46H72Cl2N4O10/c1-13-35-46(8,58)40(54)30(6)51(11)22-16-21-45(7,57)41(28(4)39(53)29(5)42(55)61-35)62-44-38(50(9)10)34(25-27(3)60-44)52(12)23-24-59-43(56)31-17-14-15-18-33(31)49-37-32(47)20-19-26(2)36(37)48/h14-15,17-20,27-30,34-35,38-41,44,49,53-54,57-58H,13,16,21-25H2,1-12H3/t27-,28+,29-,30-,34-,35-,38+,39+,40-,41-,44+,45-,46-/m1/s1. The van der Waals surface area contributed by atoms with Crippen LogP contribution in [-0.4, -0.2) is 161 Å². The van der Waals surface area contributed by atoms with E-state index in [2.05, 4.69) is 10.2 Å². The van der Waals surface area contributed by atoms with E-state index in [9.17, 15) is 30.0 Å². The third-order valence-electron chi connectivity index (χ3n) is 13.2. The topological polar surface area (TPSA) is 174 Å². The van der Waals surface area contributed by atoms with Crippen LogP contribution in [0, 0.1) is 18.8 Å². The van der Waals surface area contributed by atoms with Crippen LogP contribution in [0.4, 0.5) is 11.4 Å². The number of carbonyl (C=O) groups excluding carboxylic acids is 2. The Morgan fingerprint density at radius 1 is 1.05 bits per heavy atom. The molecule has 0 radical (unpaired) electrons. The minimum Gasteiger partial charge on any atom is -0.461 e. The van der Waals surface area contributed by atoms with Crippen molar-refractivity contribution in [1.82, 2.24) is 14.7 Å². The second-order valence-electron chi connectivity index (χ2n) is 18.3. The molecule has 2 aromatic carbocycles. The summed E-state index contributed by atoms with van der Waals surface area (Å²) in [5.41, 5.74) is -1.13. The lowest BCUT2D eigenvalue weighted by Crippen LogP contribution is -2.63. The first kappa shape index (κ1) is 52.0. The second kappa shape index (κ2) is 22.1. The summed E-state index contributed by atoms with van der Waals surface area (Å²) in [6, 6.07) is 9.51. The molecular weight excluding hydrogens is 839 g/mol. The molecule has 0 spiro atoms. The SMILES string of the molecule is CC[C@H]1OC(=O)[C@H](C)[C@@H](O)[C@H](C)[C@@H](O[C@@H]2O[C@H](C)C[C@@H](N(C)CCOC(=O)c3ccccc3Nc3c(Cl)ccc(C)c3Cl)[C@@H]2N(C)C)[C@](C)(O)CCCN(C)[C@H](C)[C@@H](O)[C@]1(C)O. The van der Waals surface area contributed by atoms with E-state index in [0.717, 1.165) is 5.56 Å². The van der Waals surface area contributed by atoms with Gasteiger partial charge in [-0.25, -0.2) is 4.79 Å². The van der Waals surface area contributed by atoms with Gasteiger partial charge in [0.05, 0.1) is 62.9 Å². The van der Waals surface area contributed by atoms with Gasteiger partial charge in [0.25, 0.3) is 0 Å². The minimum atomic E-state index is -1.78. The molecule has 2 aliphatic rings.